The summed E-state index contributed by atoms with van der Waals surface area (Å²) in [4.78, 5) is 24.2. The van der Waals surface area contributed by atoms with Crippen molar-refractivity contribution in [3.63, 3.8) is 0 Å². The summed E-state index contributed by atoms with van der Waals surface area (Å²) in [7, 11) is 1.67. The molecule has 102 valence electrons. The van der Waals surface area contributed by atoms with Crippen LogP contribution in [0.25, 0.3) is 0 Å². The minimum atomic E-state index is -0.898. The van der Waals surface area contributed by atoms with Gasteiger partial charge in [-0.1, -0.05) is 12.1 Å². The number of halogens is 1. The van der Waals surface area contributed by atoms with Gasteiger partial charge in [0, 0.05) is 13.6 Å². The van der Waals surface area contributed by atoms with Crippen molar-refractivity contribution in [2.24, 2.45) is 11.8 Å². The Morgan fingerprint density at radius 2 is 1.95 bits per heavy atom. The number of benzene rings is 1. The molecule has 19 heavy (non-hydrogen) atoms. The SMILES string of the molecule is CN(CCc1ccc(F)cc1)C(=O)[C@H]1C[C@@H]1C(=O)O. The third-order valence-corrected chi connectivity index (χ3v) is 3.45. The molecule has 2 rings (SSSR count). The van der Waals surface area contributed by atoms with E-state index in [4.69, 9.17) is 5.11 Å². The van der Waals surface area contributed by atoms with Crippen LogP contribution in [-0.4, -0.2) is 35.5 Å². The predicted octanol–water partition coefficient (Wildman–Crippen LogP) is 1.55. The van der Waals surface area contributed by atoms with E-state index in [9.17, 15) is 14.0 Å². The molecule has 0 spiro atoms. The fraction of sp³-hybridized carbons (Fsp3) is 0.429. The first-order valence-electron chi connectivity index (χ1n) is 6.21. The van der Waals surface area contributed by atoms with Gasteiger partial charge >= 0.3 is 5.97 Å². The van der Waals surface area contributed by atoms with E-state index in [0.717, 1.165) is 5.56 Å². The van der Waals surface area contributed by atoms with E-state index in [-0.39, 0.29) is 17.6 Å². The average Bonchev–Trinajstić information content (AvgIpc) is 3.17. The smallest absolute Gasteiger partial charge is 0.307 e. The van der Waals surface area contributed by atoms with Gasteiger partial charge in [0.05, 0.1) is 11.8 Å². The summed E-state index contributed by atoms with van der Waals surface area (Å²) >= 11 is 0. The maximum atomic E-state index is 12.7. The molecular formula is C14H16FNO3. The number of carboxylic acids is 1. The Balaban J connectivity index is 1.81. The summed E-state index contributed by atoms with van der Waals surface area (Å²) in [5.74, 6) is -2.17. The first kappa shape index (κ1) is 13.5. The Kier molecular flexibility index (Phi) is 3.83. The number of hydrogen-bond acceptors (Lipinski definition) is 2. The monoisotopic (exact) mass is 265 g/mol. The highest BCUT2D eigenvalue weighted by Gasteiger charge is 2.49. The molecule has 1 aliphatic carbocycles. The molecule has 0 unspecified atom stereocenters. The van der Waals surface area contributed by atoms with Gasteiger partial charge < -0.3 is 10.0 Å². The number of rotatable bonds is 5. The molecule has 1 amide bonds. The second-order valence-corrected chi connectivity index (χ2v) is 4.92. The van der Waals surface area contributed by atoms with Gasteiger partial charge in [0.1, 0.15) is 5.82 Å². The van der Waals surface area contributed by atoms with Crippen molar-refractivity contribution >= 4 is 11.9 Å². The fourth-order valence-electron chi connectivity index (χ4n) is 2.08. The van der Waals surface area contributed by atoms with Crippen molar-refractivity contribution in [1.82, 2.24) is 4.90 Å². The Morgan fingerprint density at radius 1 is 1.32 bits per heavy atom. The van der Waals surface area contributed by atoms with Crippen LogP contribution in [0.4, 0.5) is 4.39 Å². The van der Waals surface area contributed by atoms with Crippen molar-refractivity contribution in [2.75, 3.05) is 13.6 Å². The first-order chi connectivity index (χ1) is 8.99. The lowest BCUT2D eigenvalue weighted by atomic mass is 10.1. The lowest BCUT2D eigenvalue weighted by molar-refractivity contribution is -0.141. The highest BCUT2D eigenvalue weighted by Crippen LogP contribution is 2.39. The number of amides is 1. The van der Waals surface area contributed by atoms with Gasteiger partial charge in [0.25, 0.3) is 0 Å². The van der Waals surface area contributed by atoms with E-state index >= 15 is 0 Å². The maximum Gasteiger partial charge on any atom is 0.307 e. The standard InChI is InChI=1S/C14H16FNO3/c1-16(13(17)11-8-12(11)14(18)19)7-6-9-2-4-10(15)5-3-9/h2-5,11-12H,6-8H2,1H3,(H,18,19)/t11-,12-/m0/s1. The third kappa shape index (κ3) is 3.30. The molecule has 1 aromatic carbocycles. The van der Waals surface area contributed by atoms with Crippen molar-refractivity contribution in [3.05, 3.63) is 35.6 Å². The zero-order chi connectivity index (χ0) is 14.0. The van der Waals surface area contributed by atoms with Gasteiger partial charge in [-0.25, -0.2) is 4.39 Å². The summed E-state index contributed by atoms with van der Waals surface area (Å²) in [5.41, 5.74) is 0.951. The van der Waals surface area contributed by atoms with E-state index in [1.165, 1.54) is 12.1 Å². The predicted molar refractivity (Wildman–Crippen MR) is 67.0 cm³/mol. The molecule has 1 saturated carbocycles. The number of likely N-dealkylation sites (N-methyl/N-ethyl adjacent to an activating group) is 1. The van der Waals surface area contributed by atoms with Crippen LogP contribution < -0.4 is 0 Å². The molecule has 0 aliphatic heterocycles. The summed E-state index contributed by atoms with van der Waals surface area (Å²) in [6, 6.07) is 6.15. The Labute approximate surface area is 110 Å². The lowest BCUT2D eigenvalue weighted by Gasteiger charge is -2.17. The Hall–Kier alpha value is -1.91. The van der Waals surface area contributed by atoms with Crippen LogP contribution >= 0.6 is 0 Å². The van der Waals surface area contributed by atoms with Crippen LogP contribution in [0, 0.1) is 17.7 Å². The second kappa shape index (κ2) is 5.38. The molecule has 1 N–H and O–H groups in total. The van der Waals surface area contributed by atoms with Crippen molar-refractivity contribution < 1.29 is 19.1 Å². The Bertz CT molecular complexity index is 486. The van der Waals surface area contributed by atoms with Crippen LogP contribution in [-0.2, 0) is 16.0 Å². The van der Waals surface area contributed by atoms with E-state index in [1.807, 2.05) is 0 Å². The van der Waals surface area contributed by atoms with Gasteiger partial charge in [0.15, 0.2) is 0 Å². The zero-order valence-corrected chi connectivity index (χ0v) is 10.7. The quantitative estimate of drug-likeness (QED) is 0.878. The fourth-order valence-corrected chi connectivity index (χ4v) is 2.08. The molecule has 0 saturated heterocycles. The Morgan fingerprint density at radius 3 is 2.47 bits per heavy atom. The number of carbonyl (C=O) groups is 2. The molecule has 5 heteroatoms. The summed E-state index contributed by atoms with van der Waals surface area (Å²) < 4.78 is 12.7. The second-order valence-electron chi connectivity index (χ2n) is 4.92. The summed E-state index contributed by atoms with van der Waals surface area (Å²) in [6.45, 7) is 0.507. The number of hydrogen-bond donors (Lipinski definition) is 1. The summed E-state index contributed by atoms with van der Waals surface area (Å²) in [5, 5.41) is 8.78. The van der Waals surface area contributed by atoms with E-state index in [2.05, 4.69) is 0 Å². The number of aliphatic carboxylic acids is 1. The molecule has 0 aromatic heterocycles. The first-order valence-corrected chi connectivity index (χ1v) is 6.21. The minimum Gasteiger partial charge on any atom is -0.481 e. The van der Waals surface area contributed by atoms with Crippen molar-refractivity contribution in [2.45, 2.75) is 12.8 Å². The third-order valence-electron chi connectivity index (χ3n) is 3.45. The number of carboxylic acid groups (broad SMARTS) is 1. The van der Waals surface area contributed by atoms with Gasteiger partial charge in [-0.15, -0.1) is 0 Å². The van der Waals surface area contributed by atoms with Crippen LogP contribution in [0.1, 0.15) is 12.0 Å². The normalized spacial score (nSPS) is 20.9. The highest BCUT2D eigenvalue weighted by molar-refractivity contribution is 5.89. The van der Waals surface area contributed by atoms with E-state index in [1.54, 1.807) is 24.1 Å². The van der Waals surface area contributed by atoms with E-state index < -0.39 is 11.9 Å². The molecular weight excluding hydrogens is 249 g/mol. The molecule has 4 nitrogen and oxygen atoms in total. The van der Waals surface area contributed by atoms with Gasteiger partial charge in [-0.2, -0.15) is 0 Å². The number of nitrogens with zero attached hydrogens (tertiary/aromatic N) is 1. The molecule has 1 fully saturated rings. The molecule has 1 aliphatic rings. The minimum absolute atomic E-state index is 0.116. The van der Waals surface area contributed by atoms with Gasteiger partial charge in [-0.3, -0.25) is 9.59 Å². The maximum absolute atomic E-state index is 12.7. The van der Waals surface area contributed by atoms with Crippen LogP contribution in [0.3, 0.4) is 0 Å². The zero-order valence-electron chi connectivity index (χ0n) is 10.7. The van der Waals surface area contributed by atoms with Crippen LogP contribution in [0.15, 0.2) is 24.3 Å². The highest BCUT2D eigenvalue weighted by atomic mass is 19.1. The number of carbonyl (C=O) groups excluding carboxylic acids is 1. The van der Waals surface area contributed by atoms with Crippen molar-refractivity contribution in [3.8, 4) is 0 Å². The molecule has 0 heterocycles. The van der Waals surface area contributed by atoms with Gasteiger partial charge in [-0.05, 0) is 30.5 Å². The topological polar surface area (TPSA) is 57.6 Å². The largest absolute Gasteiger partial charge is 0.481 e. The van der Waals surface area contributed by atoms with Crippen LogP contribution in [0.5, 0.6) is 0 Å². The summed E-state index contributed by atoms with van der Waals surface area (Å²) in [6.07, 6.45) is 1.07. The van der Waals surface area contributed by atoms with E-state index in [0.29, 0.717) is 19.4 Å². The van der Waals surface area contributed by atoms with Crippen LogP contribution in [0.2, 0.25) is 0 Å². The average molecular weight is 265 g/mol. The van der Waals surface area contributed by atoms with Gasteiger partial charge in [0.2, 0.25) is 5.91 Å². The lowest BCUT2D eigenvalue weighted by Crippen LogP contribution is -2.31. The molecule has 2 atom stereocenters. The molecule has 1 aromatic rings. The molecule has 0 bridgehead atoms. The molecule has 0 radical (unpaired) electrons. The van der Waals surface area contributed by atoms with Crippen molar-refractivity contribution in [1.29, 1.82) is 0 Å².